The Labute approximate surface area is 121 Å². The van der Waals surface area contributed by atoms with Gasteiger partial charge in [0.15, 0.2) is 0 Å². The molecule has 116 valence electrons. The first-order valence-corrected chi connectivity index (χ1v) is 6.90. The third-order valence-corrected chi connectivity index (χ3v) is 3.52. The van der Waals surface area contributed by atoms with Crippen LogP contribution in [-0.4, -0.2) is 18.6 Å². The zero-order valence-corrected chi connectivity index (χ0v) is 12.0. The van der Waals surface area contributed by atoms with Crippen LogP contribution in [0.15, 0.2) is 24.3 Å². The molecule has 1 aliphatic rings. The Kier molecular flexibility index (Phi) is 4.27. The molecule has 1 aromatic rings. The van der Waals surface area contributed by atoms with Crippen molar-refractivity contribution in [2.45, 2.75) is 44.4 Å². The highest BCUT2D eigenvalue weighted by atomic mass is 19.4. The summed E-state index contributed by atoms with van der Waals surface area (Å²) in [7, 11) is 0. The second-order valence-electron chi connectivity index (χ2n) is 5.31. The first-order chi connectivity index (χ1) is 9.79. The van der Waals surface area contributed by atoms with Crippen LogP contribution in [0.25, 0.3) is 0 Å². The average Bonchev–Trinajstić information content (AvgIpc) is 3.21. The van der Waals surface area contributed by atoms with Crippen LogP contribution in [0.2, 0.25) is 0 Å². The van der Waals surface area contributed by atoms with Crippen LogP contribution in [0.3, 0.4) is 0 Å². The van der Waals surface area contributed by atoms with Crippen molar-refractivity contribution in [3.63, 3.8) is 0 Å². The molecule has 1 N–H and O–H groups in total. The van der Waals surface area contributed by atoms with Gasteiger partial charge in [-0.1, -0.05) is 18.2 Å². The highest BCUT2D eigenvalue weighted by Crippen LogP contribution is 2.38. The van der Waals surface area contributed by atoms with E-state index in [0.29, 0.717) is 0 Å². The van der Waals surface area contributed by atoms with E-state index >= 15 is 0 Å². The molecule has 0 radical (unpaired) electrons. The van der Waals surface area contributed by atoms with Crippen molar-refractivity contribution in [2.24, 2.45) is 0 Å². The molecule has 1 aliphatic carbocycles. The van der Waals surface area contributed by atoms with E-state index in [1.54, 1.807) is 6.92 Å². The van der Waals surface area contributed by atoms with Gasteiger partial charge in [-0.05, 0) is 38.3 Å². The van der Waals surface area contributed by atoms with Crippen molar-refractivity contribution in [1.29, 1.82) is 0 Å². The third-order valence-electron chi connectivity index (χ3n) is 3.52. The second-order valence-corrected chi connectivity index (χ2v) is 5.31. The lowest BCUT2D eigenvalue weighted by atomic mass is 9.87. The molecule has 1 atom stereocenters. The fourth-order valence-corrected chi connectivity index (χ4v) is 2.32. The fraction of sp³-hybridized carbons (Fsp3) is 0.533. The number of hydrogen-bond acceptors (Lipinski definition) is 3. The van der Waals surface area contributed by atoms with Crippen LogP contribution in [-0.2, 0) is 21.2 Å². The third kappa shape index (κ3) is 3.37. The first kappa shape index (κ1) is 15.8. The number of nitrogens with one attached hydrogen (secondary N) is 1. The molecular weight excluding hydrogens is 283 g/mol. The van der Waals surface area contributed by atoms with E-state index in [2.05, 4.69) is 5.32 Å². The lowest BCUT2D eigenvalue weighted by Crippen LogP contribution is -2.49. The van der Waals surface area contributed by atoms with Gasteiger partial charge in [0.1, 0.15) is 5.54 Å². The summed E-state index contributed by atoms with van der Waals surface area (Å²) in [5.74, 6) is -0.686. The zero-order chi connectivity index (χ0) is 15.7. The van der Waals surface area contributed by atoms with Gasteiger partial charge >= 0.3 is 12.1 Å². The second kappa shape index (κ2) is 5.67. The number of carbonyl (C=O) groups excluding carboxylic acids is 1. The summed E-state index contributed by atoms with van der Waals surface area (Å²) < 4.78 is 44.6. The van der Waals surface area contributed by atoms with Crippen molar-refractivity contribution in [3.05, 3.63) is 35.4 Å². The predicted molar refractivity (Wildman–Crippen MR) is 71.6 cm³/mol. The normalized spacial score (nSPS) is 18.1. The molecule has 0 aromatic heterocycles. The number of hydrogen-bond donors (Lipinski definition) is 1. The number of esters is 1. The van der Waals surface area contributed by atoms with E-state index in [9.17, 15) is 18.0 Å². The molecule has 1 unspecified atom stereocenters. The van der Waals surface area contributed by atoms with Crippen molar-refractivity contribution in [3.8, 4) is 0 Å². The van der Waals surface area contributed by atoms with E-state index in [0.717, 1.165) is 18.9 Å². The molecule has 0 amide bonds. The smallest absolute Gasteiger partial charge is 0.416 e. The molecule has 0 heterocycles. The molecule has 0 spiro atoms. The molecule has 1 saturated carbocycles. The van der Waals surface area contributed by atoms with Crippen LogP contribution in [0.1, 0.15) is 37.8 Å². The minimum Gasteiger partial charge on any atom is -0.464 e. The SMILES string of the molecule is CCOC(=O)C(C)(NC1CC1)c1ccccc1C(F)(F)F. The lowest BCUT2D eigenvalue weighted by molar-refractivity contribution is -0.152. The Bertz CT molecular complexity index is 526. The Morgan fingerprint density at radius 2 is 1.86 bits per heavy atom. The highest BCUT2D eigenvalue weighted by Gasteiger charge is 2.46. The summed E-state index contributed by atoms with van der Waals surface area (Å²) in [6.07, 6.45) is -2.82. The average molecular weight is 301 g/mol. The minimum absolute atomic E-state index is 0.0562. The fourth-order valence-electron chi connectivity index (χ4n) is 2.32. The summed E-state index contributed by atoms with van der Waals surface area (Å²) in [5.41, 5.74) is -2.40. The van der Waals surface area contributed by atoms with Crippen molar-refractivity contribution < 1.29 is 22.7 Å². The summed E-state index contributed by atoms with van der Waals surface area (Å²) >= 11 is 0. The van der Waals surface area contributed by atoms with Gasteiger partial charge in [-0.2, -0.15) is 13.2 Å². The zero-order valence-electron chi connectivity index (χ0n) is 12.0. The van der Waals surface area contributed by atoms with Crippen LogP contribution in [0.5, 0.6) is 0 Å². The van der Waals surface area contributed by atoms with Crippen LogP contribution < -0.4 is 5.32 Å². The van der Waals surface area contributed by atoms with Gasteiger partial charge in [0.25, 0.3) is 0 Å². The molecule has 1 fully saturated rings. The monoisotopic (exact) mass is 301 g/mol. The summed E-state index contributed by atoms with van der Waals surface area (Å²) in [6, 6.07) is 5.18. The Balaban J connectivity index is 2.48. The van der Waals surface area contributed by atoms with Gasteiger partial charge in [0, 0.05) is 6.04 Å². The number of benzene rings is 1. The maximum atomic E-state index is 13.2. The topological polar surface area (TPSA) is 38.3 Å². The van der Waals surface area contributed by atoms with Gasteiger partial charge in [-0.25, -0.2) is 4.79 Å². The number of alkyl halides is 3. The summed E-state index contributed by atoms with van der Waals surface area (Å²) in [5, 5.41) is 3.01. The van der Waals surface area contributed by atoms with Crippen LogP contribution >= 0.6 is 0 Å². The van der Waals surface area contributed by atoms with Gasteiger partial charge < -0.3 is 4.74 Å². The van der Waals surface area contributed by atoms with Crippen molar-refractivity contribution >= 4 is 5.97 Å². The largest absolute Gasteiger partial charge is 0.464 e. The van der Waals surface area contributed by atoms with E-state index in [4.69, 9.17) is 4.74 Å². The minimum atomic E-state index is -4.52. The molecule has 6 heteroatoms. The number of rotatable bonds is 5. The van der Waals surface area contributed by atoms with E-state index in [1.165, 1.54) is 25.1 Å². The summed E-state index contributed by atoms with van der Waals surface area (Å²) in [6.45, 7) is 3.20. The van der Waals surface area contributed by atoms with Gasteiger partial charge in [-0.3, -0.25) is 5.32 Å². The van der Waals surface area contributed by atoms with Crippen molar-refractivity contribution in [2.75, 3.05) is 6.61 Å². The van der Waals surface area contributed by atoms with Gasteiger partial charge in [0.05, 0.1) is 12.2 Å². The Hall–Kier alpha value is -1.56. The van der Waals surface area contributed by atoms with Gasteiger partial charge in [-0.15, -0.1) is 0 Å². The molecule has 2 rings (SSSR count). The quantitative estimate of drug-likeness (QED) is 0.849. The first-order valence-electron chi connectivity index (χ1n) is 6.90. The maximum absolute atomic E-state index is 13.2. The molecule has 0 saturated heterocycles. The number of halogens is 3. The molecular formula is C15H18F3NO2. The molecule has 3 nitrogen and oxygen atoms in total. The van der Waals surface area contributed by atoms with Gasteiger partial charge in [0.2, 0.25) is 0 Å². The van der Waals surface area contributed by atoms with Crippen LogP contribution in [0, 0.1) is 0 Å². The Morgan fingerprint density at radius 3 is 2.33 bits per heavy atom. The molecule has 21 heavy (non-hydrogen) atoms. The van der Waals surface area contributed by atoms with Crippen LogP contribution in [0.4, 0.5) is 13.2 Å². The molecule has 1 aromatic carbocycles. The van der Waals surface area contributed by atoms with E-state index in [1.807, 2.05) is 0 Å². The molecule has 0 aliphatic heterocycles. The molecule has 0 bridgehead atoms. The maximum Gasteiger partial charge on any atom is 0.416 e. The highest BCUT2D eigenvalue weighted by molar-refractivity contribution is 5.83. The number of ether oxygens (including phenoxy) is 1. The van der Waals surface area contributed by atoms with Crippen molar-refractivity contribution in [1.82, 2.24) is 5.32 Å². The lowest BCUT2D eigenvalue weighted by Gasteiger charge is -2.31. The summed E-state index contributed by atoms with van der Waals surface area (Å²) in [4.78, 5) is 12.3. The van der Waals surface area contributed by atoms with E-state index < -0.39 is 23.2 Å². The predicted octanol–water partition coefficient (Wildman–Crippen LogP) is 3.24. The standard InChI is InChI=1S/C15H18F3NO2/c1-3-21-13(20)14(2,19-10-8-9-10)11-6-4-5-7-12(11)15(16,17)18/h4-7,10,19H,3,8-9H2,1-2H3. The Morgan fingerprint density at radius 1 is 1.29 bits per heavy atom. The van der Waals surface area contributed by atoms with E-state index in [-0.39, 0.29) is 18.2 Å². The number of carbonyl (C=O) groups is 1.